The van der Waals surface area contributed by atoms with Crippen LogP contribution in [0.3, 0.4) is 0 Å². The van der Waals surface area contributed by atoms with Crippen LogP contribution in [0.25, 0.3) is 0 Å². The Bertz CT molecular complexity index is 748. The normalized spacial score (nSPS) is 34.7. The molecule has 1 aromatic rings. The highest BCUT2D eigenvalue weighted by Crippen LogP contribution is 2.40. The van der Waals surface area contributed by atoms with Gasteiger partial charge in [0.1, 0.15) is 24.1 Å². The van der Waals surface area contributed by atoms with Crippen LogP contribution in [0.1, 0.15) is 33.3 Å². The molecule has 3 heterocycles. The fraction of sp³-hybridized carbons (Fsp3) is 0.667. The number of fused-ring (bicyclic) bond motifs is 1. The van der Waals surface area contributed by atoms with Gasteiger partial charge >= 0.3 is 0 Å². The Labute approximate surface area is 170 Å². The predicted octanol–water partition coefficient (Wildman–Crippen LogP) is 1.75. The molecule has 1 amide bonds. The van der Waals surface area contributed by atoms with Gasteiger partial charge in [-0.1, -0.05) is 12.1 Å². The van der Waals surface area contributed by atoms with Crippen LogP contribution in [0.15, 0.2) is 24.3 Å². The number of hydrogen-bond acceptors (Lipinski definition) is 7. The number of benzene rings is 1. The van der Waals surface area contributed by atoms with Crippen LogP contribution in [-0.2, 0) is 34.9 Å². The number of carbonyl (C=O) groups excluding carboxylic acids is 1. The Morgan fingerprint density at radius 2 is 1.79 bits per heavy atom. The largest absolute Gasteiger partial charge is 0.497 e. The number of amides is 1. The topological polar surface area (TPSA) is 84.5 Å². The van der Waals surface area contributed by atoms with Gasteiger partial charge in [-0.05, 0) is 45.4 Å². The maximum atomic E-state index is 12.8. The third-order valence-corrected chi connectivity index (χ3v) is 5.34. The van der Waals surface area contributed by atoms with Gasteiger partial charge < -0.3 is 33.7 Å². The second-order valence-electron chi connectivity index (χ2n) is 8.55. The van der Waals surface area contributed by atoms with E-state index in [1.165, 1.54) is 0 Å². The smallest absolute Gasteiger partial charge is 0.224 e. The molecule has 0 aromatic heterocycles. The molecule has 4 rings (SSSR count). The van der Waals surface area contributed by atoms with Crippen molar-refractivity contribution in [2.24, 2.45) is 0 Å². The zero-order chi connectivity index (χ0) is 20.8. The summed E-state index contributed by atoms with van der Waals surface area (Å²) in [5.41, 5.74) is 0.890. The standard InChI is InChI=1S/C21H29NO7/c1-20(2)25-11-14(27-20)17-16(18-19(26-17)29-21(3,4)28-18)22-15(23)10-12-6-8-13(24-5)9-7-12/h6-9,14,16-19H,10-11H2,1-5H3,(H,22,23)/t14-,16-,17-,18-,19-/m1/s1. The average molecular weight is 407 g/mol. The monoisotopic (exact) mass is 407 g/mol. The highest BCUT2D eigenvalue weighted by molar-refractivity contribution is 5.79. The molecule has 0 saturated carbocycles. The third kappa shape index (κ3) is 4.41. The Balaban J connectivity index is 1.47. The first-order valence-electron chi connectivity index (χ1n) is 9.91. The molecule has 0 radical (unpaired) electrons. The minimum absolute atomic E-state index is 0.124. The first-order chi connectivity index (χ1) is 13.7. The number of rotatable bonds is 5. The lowest BCUT2D eigenvalue weighted by atomic mass is 10.0. The Morgan fingerprint density at radius 1 is 1.07 bits per heavy atom. The van der Waals surface area contributed by atoms with Crippen LogP contribution < -0.4 is 10.1 Å². The SMILES string of the molecule is COc1ccc(CC(=O)N[C@H]2[C@H]3OC(C)(C)O[C@H]3O[C@@H]2[C@H]2COC(C)(C)O2)cc1. The van der Waals surface area contributed by atoms with Crippen molar-refractivity contribution < 1.29 is 33.2 Å². The Hall–Kier alpha value is -1.71. The van der Waals surface area contributed by atoms with E-state index in [0.29, 0.717) is 6.61 Å². The molecule has 0 bridgehead atoms. The van der Waals surface area contributed by atoms with E-state index >= 15 is 0 Å². The summed E-state index contributed by atoms with van der Waals surface area (Å²) in [6.45, 7) is 7.76. The zero-order valence-corrected chi connectivity index (χ0v) is 17.5. The fourth-order valence-electron chi connectivity index (χ4n) is 4.06. The molecule has 160 valence electrons. The molecule has 8 heteroatoms. The number of carbonyl (C=O) groups is 1. The first kappa shape index (κ1) is 20.6. The van der Waals surface area contributed by atoms with E-state index in [1.807, 2.05) is 52.0 Å². The number of methoxy groups -OCH3 is 1. The molecule has 5 atom stereocenters. The van der Waals surface area contributed by atoms with Crippen LogP contribution in [0, 0.1) is 0 Å². The number of nitrogens with one attached hydrogen (secondary N) is 1. The number of hydrogen-bond donors (Lipinski definition) is 1. The van der Waals surface area contributed by atoms with Gasteiger partial charge in [0.15, 0.2) is 17.9 Å². The summed E-state index contributed by atoms with van der Waals surface area (Å²) in [6, 6.07) is 7.01. The summed E-state index contributed by atoms with van der Waals surface area (Å²) in [5.74, 6) is -0.836. The molecule has 1 N–H and O–H groups in total. The number of ether oxygens (including phenoxy) is 6. The lowest BCUT2D eigenvalue weighted by molar-refractivity contribution is -0.223. The molecule has 3 fully saturated rings. The fourth-order valence-corrected chi connectivity index (χ4v) is 4.06. The summed E-state index contributed by atoms with van der Waals surface area (Å²) in [7, 11) is 1.61. The van der Waals surface area contributed by atoms with Crippen LogP contribution >= 0.6 is 0 Å². The van der Waals surface area contributed by atoms with E-state index in [-0.39, 0.29) is 18.4 Å². The van der Waals surface area contributed by atoms with Crippen LogP contribution in [0.2, 0.25) is 0 Å². The second kappa shape index (κ2) is 7.52. The molecular formula is C21H29NO7. The highest BCUT2D eigenvalue weighted by Gasteiger charge is 2.58. The molecular weight excluding hydrogens is 378 g/mol. The lowest BCUT2D eigenvalue weighted by Gasteiger charge is -2.29. The van der Waals surface area contributed by atoms with Gasteiger partial charge in [0, 0.05) is 0 Å². The van der Waals surface area contributed by atoms with E-state index in [4.69, 9.17) is 28.4 Å². The van der Waals surface area contributed by atoms with E-state index in [1.54, 1.807) is 7.11 Å². The van der Waals surface area contributed by atoms with Crippen molar-refractivity contribution in [3.05, 3.63) is 29.8 Å². The van der Waals surface area contributed by atoms with Crippen molar-refractivity contribution in [3.8, 4) is 5.75 Å². The Kier molecular flexibility index (Phi) is 5.33. The molecule has 1 aromatic carbocycles. The average Bonchev–Trinajstić information content (AvgIpc) is 3.26. The van der Waals surface area contributed by atoms with E-state index in [2.05, 4.69) is 5.32 Å². The summed E-state index contributed by atoms with van der Waals surface area (Å²) < 4.78 is 34.8. The molecule has 0 aliphatic carbocycles. The third-order valence-electron chi connectivity index (χ3n) is 5.34. The van der Waals surface area contributed by atoms with Crippen molar-refractivity contribution in [2.45, 2.75) is 76.3 Å². The van der Waals surface area contributed by atoms with Gasteiger partial charge in [0.05, 0.1) is 26.2 Å². The van der Waals surface area contributed by atoms with Crippen LogP contribution in [0.5, 0.6) is 5.75 Å². The summed E-state index contributed by atoms with van der Waals surface area (Å²) in [6.07, 6.45) is -1.49. The van der Waals surface area contributed by atoms with E-state index in [0.717, 1.165) is 11.3 Å². The molecule has 3 aliphatic heterocycles. The van der Waals surface area contributed by atoms with Crippen molar-refractivity contribution in [3.63, 3.8) is 0 Å². The summed E-state index contributed by atoms with van der Waals surface area (Å²) in [5, 5.41) is 3.08. The second-order valence-corrected chi connectivity index (χ2v) is 8.55. The zero-order valence-electron chi connectivity index (χ0n) is 17.5. The van der Waals surface area contributed by atoms with E-state index < -0.39 is 36.1 Å². The van der Waals surface area contributed by atoms with E-state index in [9.17, 15) is 4.79 Å². The highest BCUT2D eigenvalue weighted by atomic mass is 16.8. The first-order valence-corrected chi connectivity index (χ1v) is 9.91. The molecule has 8 nitrogen and oxygen atoms in total. The molecule has 0 spiro atoms. The van der Waals surface area contributed by atoms with Crippen molar-refractivity contribution in [1.29, 1.82) is 0 Å². The van der Waals surface area contributed by atoms with Gasteiger partial charge in [-0.15, -0.1) is 0 Å². The molecule has 3 saturated heterocycles. The maximum absolute atomic E-state index is 12.8. The van der Waals surface area contributed by atoms with Gasteiger partial charge in [-0.2, -0.15) is 0 Å². The quantitative estimate of drug-likeness (QED) is 0.796. The van der Waals surface area contributed by atoms with Gasteiger partial charge in [0.25, 0.3) is 0 Å². The van der Waals surface area contributed by atoms with Crippen molar-refractivity contribution in [1.82, 2.24) is 5.32 Å². The van der Waals surface area contributed by atoms with Gasteiger partial charge in [0.2, 0.25) is 5.91 Å². The molecule has 0 unspecified atom stereocenters. The lowest BCUT2D eigenvalue weighted by Crippen LogP contribution is -2.52. The van der Waals surface area contributed by atoms with Crippen LogP contribution in [0.4, 0.5) is 0 Å². The Morgan fingerprint density at radius 3 is 2.41 bits per heavy atom. The van der Waals surface area contributed by atoms with Gasteiger partial charge in [-0.3, -0.25) is 4.79 Å². The molecule has 29 heavy (non-hydrogen) atoms. The van der Waals surface area contributed by atoms with Crippen molar-refractivity contribution in [2.75, 3.05) is 13.7 Å². The summed E-state index contributed by atoms with van der Waals surface area (Å²) >= 11 is 0. The van der Waals surface area contributed by atoms with Crippen LogP contribution in [-0.4, -0.2) is 61.8 Å². The maximum Gasteiger partial charge on any atom is 0.224 e. The predicted molar refractivity (Wildman–Crippen MR) is 102 cm³/mol. The van der Waals surface area contributed by atoms with Gasteiger partial charge in [-0.25, -0.2) is 0 Å². The minimum atomic E-state index is -0.772. The summed E-state index contributed by atoms with van der Waals surface area (Å²) in [4.78, 5) is 12.8. The molecule has 3 aliphatic rings. The van der Waals surface area contributed by atoms with Crippen molar-refractivity contribution >= 4 is 5.91 Å². The minimum Gasteiger partial charge on any atom is -0.497 e.